The van der Waals surface area contributed by atoms with Crippen molar-refractivity contribution < 1.29 is 9.53 Å². The van der Waals surface area contributed by atoms with E-state index in [-0.39, 0.29) is 17.9 Å². The van der Waals surface area contributed by atoms with E-state index < -0.39 is 0 Å². The van der Waals surface area contributed by atoms with Crippen molar-refractivity contribution >= 4 is 23.3 Å². The number of carbonyl (C=O) groups is 1. The number of rotatable bonds is 4. The molecule has 1 amide bonds. The molecule has 3 rings (SSSR count). The lowest BCUT2D eigenvalue weighted by molar-refractivity contribution is -0.114. The van der Waals surface area contributed by atoms with Gasteiger partial charge in [0.1, 0.15) is 17.8 Å². The van der Waals surface area contributed by atoms with Gasteiger partial charge in [-0.05, 0) is 44.1 Å². The molecule has 0 aromatic carbocycles. The van der Waals surface area contributed by atoms with E-state index in [0.717, 1.165) is 50.7 Å². The maximum atomic E-state index is 11.8. The van der Waals surface area contributed by atoms with E-state index in [2.05, 4.69) is 16.0 Å². The number of aromatic nitrogens is 1. The number of nitriles is 1. The van der Waals surface area contributed by atoms with Gasteiger partial charge in [-0.2, -0.15) is 5.26 Å². The fraction of sp³-hybridized carbons (Fsp3) is 0.625. The molecule has 1 fully saturated rings. The van der Waals surface area contributed by atoms with Crippen LogP contribution in [0.4, 0.5) is 5.82 Å². The number of anilines is 1. The first-order valence-corrected chi connectivity index (χ1v) is 8.39. The van der Waals surface area contributed by atoms with Gasteiger partial charge in [-0.3, -0.25) is 4.79 Å². The highest BCUT2D eigenvalue weighted by Crippen LogP contribution is 2.34. The average molecular weight is 322 g/mol. The quantitative estimate of drug-likeness (QED) is 0.867. The van der Waals surface area contributed by atoms with Gasteiger partial charge in [-0.25, -0.2) is 0 Å². The van der Waals surface area contributed by atoms with E-state index in [0.29, 0.717) is 17.9 Å². The summed E-state index contributed by atoms with van der Waals surface area (Å²) < 4.78 is 7.83. The normalized spacial score (nSPS) is 20.5. The highest BCUT2D eigenvalue weighted by Gasteiger charge is 2.28. The Hall–Kier alpha value is -1.51. The summed E-state index contributed by atoms with van der Waals surface area (Å²) in [5.41, 5.74) is 2.88. The van der Waals surface area contributed by atoms with Gasteiger partial charge in [0.15, 0.2) is 0 Å². The average Bonchev–Trinajstić information content (AvgIpc) is 3.15. The molecule has 1 saturated heterocycles. The summed E-state index contributed by atoms with van der Waals surface area (Å²) in [5.74, 6) is 0.220. The molecular weight excluding hydrogens is 302 g/mol. The lowest BCUT2D eigenvalue weighted by Gasteiger charge is -2.19. The van der Waals surface area contributed by atoms with Gasteiger partial charge in [0.25, 0.3) is 0 Å². The molecule has 2 heterocycles. The number of ether oxygens (including phenoxy) is 1. The molecule has 5 nitrogen and oxygen atoms in total. The number of alkyl halides is 1. The smallest absolute Gasteiger partial charge is 0.240 e. The Morgan fingerprint density at radius 3 is 2.91 bits per heavy atom. The molecule has 1 aromatic rings. The van der Waals surface area contributed by atoms with Crippen LogP contribution in [0.5, 0.6) is 0 Å². The summed E-state index contributed by atoms with van der Waals surface area (Å²) in [6.07, 6.45) is 6.33. The van der Waals surface area contributed by atoms with Crippen LogP contribution in [0.1, 0.15) is 42.5 Å². The van der Waals surface area contributed by atoms with Crippen LogP contribution < -0.4 is 5.32 Å². The van der Waals surface area contributed by atoms with Crippen LogP contribution in [0.25, 0.3) is 0 Å². The number of halogens is 1. The first-order valence-electron chi connectivity index (χ1n) is 7.86. The molecule has 6 heteroatoms. The topological polar surface area (TPSA) is 67.1 Å². The van der Waals surface area contributed by atoms with Crippen molar-refractivity contribution in [3.05, 3.63) is 16.8 Å². The number of hydrogen-bond donors (Lipinski definition) is 1. The predicted molar refractivity (Wildman–Crippen MR) is 84.1 cm³/mol. The molecule has 2 aliphatic rings. The second-order valence-electron chi connectivity index (χ2n) is 5.90. The van der Waals surface area contributed by atoms with E-state index in [1.54, 1.807) is 0 Å². The van der Waals surface area contributed by atoms with Crippen molar-refractivity contribution in [2.45, 2.75) is 51.2 Å². The highest BCUT2D eigenvalue weighted by atomic mass is 35.5. The zero-order valence-electron chi connectivity index (χ0n) is 12.5. The maximum Gasteiger partial charge on any atom is 0.240 e. The number of carbonyl (C=O) groups excluding carboxylic acids is 1. The van der Waals surface area contributed by atoms with Crippen LogP contribution in [0.3, 0.4) is 0 Å². The minimum Gasteiger partial charge on any atom is -0.376 e. The molecule has 1 atom stereocenters. The van der Waals surface area contributed by atoms with Crippen molar-refractivity contribution in [1.29, 1.82) is 5.26 Å². The Labute approximate surface area is 135 Å². The van der Waals surface area contributed by atoms with Gasteiger partial charge in [-0.15, -0.1) is 11.6 Å². The van der Waals surface area contributed by atoms with Crippen LogP contribution in [0.15, 0.2) is 0 Å². The van der Waals surface area contributed by atoms with Gasteiger partial charge in [0.2, 0.25) is 5.91 Å². The summed E-state index contributed by atoms with van der Waals surface area (Å²) in [7, 11) is 0. The van der Waals surface area contributed by atoms with Crippen molar-refractivity contribution in [2.75, 3.05) is 17.8 Å². The first kappa shape index (κ1) is 15.4. The Kier molecular flexibility index (Phi) is 4.70. The summed E-state index contributed by atoms with van der Waals surface area (Å²) in [4.78, 5) is 11.8. The fourth-order valence-corrected chi connectivity index (χ4v) is 3.55. The molecular formula is C16H20ClN3O2. The van der Waals surface area contributed by atoms with Gasteiger partial charge in [0, 0.05) is 12.3 Å². The van der Waals surface area contributed by atoms with E-state index in [9.17, 15) is 10.1 Å². The van der Waals surface area contributed by atoms with Crippen molar-refractivity contribution in [3.8, 4) is 6.07 Å². The Balaban J connectivity index is 2.01. The molecule has 0 saturated carbocycles. The lowest BCUT2D eigenvalue weighted by atomic mass is 9.95. The molecule has 1 N–H and O–H groups in total. The zero-order chi connectivity index (χ0) is 15.5. The fourth-order valence-electron chi connectivity index (χ4n) is 3.48. The Bertz CT molecular complexity index is 612. The first-order chi connectivity index (χ1) is 10.7. The number of nitrogens with zero attached hydrogens (tertiary/aromatic N) is 2. The van der Waals surface area contributed by atoms with Gasteiger partial charge < -0.3 is 14.6 Å². The monoisotopic (exact) mass is 321 g/mol. The van der Waals surface area contributed by atoms with Gasteiger partial charge in [0.05, 0.1) is 18.2 Å². The Morgan fingerprint density at radius 1 is 1.41 bits per heavy atom. The van der Waals surface area contributed by atoms with Crippen LogP contribution in [-0.2, 0) is 28.9 Å². The maximum absolute atomic E-state index is 11.8. The molecule has 1 aromatic heterocycles. The van der Waals surface area contributed by atoms with Crippen molar-refractivity contribution in [3.63, 3.8) is 0 Å². The molecule has 118 valence electrons. The molecule has 0 spiro atoms. The number of fused-ring (bicyclic) bond motifs is 1. The molecule has 1 unspecified atom stereocenters. The van der Waals surface area contributed by atoms with Crippen LogP contribution >= 0.6 is 11.6 Å². The summed E-state index contributed by atoms with van der Waals surface area (Å²) in [6.45, 7) is 1.49. The van der Waals surface area contributed by atoms with Crippen LogP contribution in [0, 0.1) is 11.3 Å². The van der Waals surface area contributed by atoms with Crippen molar-refractivity contribution in [1.82, 2.24) is 4.57 Å². The van der Waals surface area contributed by atoms with Gasteiger partial charge in [-0.1, -0.05) is 0 Å². The predicted octanol–water partition coefficient (Wildman–Crippen LogP) is 2.59. The summed E-state index contributed by atoms with van der Waals surface area (Å²) in [5, 5.41) is 12.4. The number of hydrogen-bond acceptors (Lipinski definition) is 3. The van der Waals surface area contributed by atoms with Crippen molar-refractivity contribution in [2.24, 2.45) is 0 Å². The molecule has 22 heavy (non-hydrogen) atoms. The molecule has 1 aliphatic carbocycles. The Morgan fingerprint density at radius 2 is 2.23 bits per heavy atom. The third kappa shape index (κ3) is 2.86. The lowest BCUT2D eigenvalue weighted by Crippen LogP contribution is -2.22. The van der Waals surface area contributed by atoms with E-state index >= 15 is 0 Å². The largest absolute Gasteiger partial charge is 0.376 e. The van der Waals surface area contributed by atoms with E-state index in [1.807, 2.05) is 0 Å². The summed E-state index contributed by atoms with van der Waals surface area (Å²) in [6, 6.07) is 2.28. The standard InChI is InChI=1S/C16H20ClN3O2/c17-8-15(21)19-16-13(9-18)12-5-1-2-6-14(12)20(16)10-11-4-3-7-22-11/h11H,1-8,10H2,(H,19,21). The third-order valence-corrected chi connectivity index (χ3v) is 4.72. The summed E-state index contributed by atoms with van der Waals surface area (Å²) >= 11 is 5.62. The van der Waals surface area contributed by atoms with Gasteiger partial charge >= 0.3 is 0 Å². The third-order valence-electron chi connectivity index (χ3n) is 4.47. The number of nitrogens with one attached hydrogen (secondary N) is 1. The minimum atomic E-state index is -0.276. The van der Waals surface area contributed by atoms with Crippen LogP contribution in [-0.4, -0.2) is 29.1 Å². The second-order valence-corrected chi connectivity index (χ2v) is 6.16. The van der Waals surface area contributed by atoms with E-state index in [1.165, 1.54) is 5.69 Å². The minimum absolute atomic E-state index is 0.110. The highest BCUT2D eigenvalue weighted by molar-refractivity contribution is 6.29. The SMILES string of the molecule is N#Cc1c2c(n(CC3CCCO3)c1NC(=O)CCl)CCCC2. The molecule has 0 bridgehead atoms. The van der Waals surface area contributed by atoms with E-state index in [4.69, 9.17) is 16.3 Å². The molecule has 1 aliphatic heterocycles. The zero-order valence-corrected chi connectivity index (χ0v) is 13.3. The molecule has 0 radical (unpaired) electrons. The second kappa shape index (κ2) is 6.72. The van der Waals surface area contributed by atoms with Crippen LogP contribution in [0.2, 0.25) is 0 Å². The number of amides is 1.